The third kappa shape index (κ3) is 4.01. The average molecular weight is 409 g/mol. The van der Waals surface area contributed by atoms with Crippen LogP contribution < -0.4 is 4.72 Å². The van der Waals surface area contributed by atoms with Gasteiger partial charge in [0, 0.05) is 19.1 Å². The summed E-state index contributed by atoms with van der Waals surface area (Å²) in [5.41, 5.74) is 0.102. The molecule has 24 heavy (non-hydrogen) atoms. The van der Waals surface area contributed by atoms with E-state index in [1.165, 1.54) is 50.5 Å². The molecular formula is C14H14Cl2N2O4S2. The normalized spacial score (nSPS) is 12.4. The van der Waals surface area contributed by atoms with Gasteiger partial charge in [0.2, 0.25) is 10.0 Å². The SMILES string of the molecule is CN(C)S(=O)(=O)c1cccc(S(=O)(=O)Nc2cc(Cl)ccc2Cl)c1. The zero-order chi connectivity index (χ0) is 18.1. The first-order chi connectivity index (χ1) is 11.0. The second-order valence-corrected chi connectivity index (χ2v) is 9.67. The molecule has 0 aromatic heterocycles. The maximum absolute atomic E-state index is 12.5. The van der Waals surface area contributed by atoms with Gasteiger partial charge in [0.1, 0.15) is 0 Å². The number of hydrogen-bond donors (Lipinski definition) is 1. The number of rotatable bonds is 5. The van der Waals surface area contributed by atoms with E-state index in [9.17, 15) is 16.8 Å². The Kier molecular flexibility index (Phi) is 5.46. The maximum atomic E-state index is 12.5. The van der Waals surface area contributed by atoms with E-state index in [4.69, 9.17) is 23.2 Å². The highest BCUT2D eigenvalue weighted by molar-refractivity contribution is 7.93. The molecule has 0 atom stereocenters. The predicted octanol–water partition coefficient (Wildman–Crippen LogP) is 3.04. The van der Waals surface area contributed by atoms with Crippen molar-refractivity contribution in [2.24, 2.45) is 0 Å². The molecule has 2 rings (SSSR count). The molecule has 0 unspecified atom stereocenters. The summed E-state index contributed by atoms with van der Waals surface area (Å²) < 4.78 is 52.6. The predicted molar refractivity (Wildman–Crippen MR) is 94.6 cm³/mol. The van der Waals surface area contributed by atoms with Crippen LogP contribution in [0.15, 0.2) is 52.3 Å². The topological polar surface area (TPSA) is 83.6 Å². The molecule has 2 aromatic rings. The van der Waals surface area contributed by atoms with Crippen molar-refractivity contribution < 1.29 is 16.8 Å². The molecule has 0 bridgehead atoms. The van der Waals surface area contributed by atoms with Gasteiger partial charge in [0.15, 0.2) is 0 Å². The summed E-state index contributed by atoms with van der Waals surface area (Å²) >= 11 is 11.8. The number of nitrogens with one attached hydrogen (secondary N) is 1. The molecule has 0 aliphatic carbocycles. The van der Waals surface area contributed by atoms with Gasteiger partial charge >= 0.3 is 0 Å². The summed E-state index contributed by atoms with van der Waals surface area (Å²) in [5.74, 6) is 0. The molecule has 0 amide bonds. The van der Waals surface area contributed by atoms with E-state index in [1.54, 1.807) is 0 Å². The maximum Gasteiger partial charge on any atom is 0.261 e. The first-order valence-corrected chi connectivity index (χ1v) is 10.2. The minimum atomic E-state index is -4.04. The van der Waals surface area contributed by atoms with Gasteiger partial charge in [-0.05, 0) is 36.4 Å². The Hall–Kier alpha value is -1.32. The lowest BCUT2D eigenvalue weighted by Gasteiger charge is -2.13. The fourth-order valence-corrected chi connectivity index (χ4v) is 4.32. The lowest BCUT2D eigenvalue weighted by atomic mass is 10.3. The number of sulfonamides is 2. The van der Waals surface area contributed by atoms with Gasteiger partial charge in [0.25, 0.3) is 10.0 Å². The van der Waals surface area contributed by atoms with Gasteiger partial charge in [-0.15, -0.1) is 0 Å². The van der Waals surface area contributed by atoms with Gasteiger partial charge in [-0.25, -0.2) is 21.1 Å². The zero-order valence-electron chi connectivity index (χ0n) is 12.7. The van der Waals surface area contributed by atoms with Crippen LogP contribution >= 0.6 is 23.2 Å². The van der Waals surface area contributed by atoms with E-state index in [0.29, 0.717) is 5.02 Å². The molecule has 10 heteroatoms. The molecule has 0 saturated carbocycles. The van der Waals surface area contributed by atoms with Crippen LogP contribution in [0.3, 0.4) is 0 Å². The van der Waals surface area contributed by atoms with Crippen molar-refractivity contribution in [3.05, 3.63) is 52.5 Å². The average Bonchev–Trinajstić information content (AvgIpc) is 2.50. The van der Waals surface area contributed by atoms with Gasteiger partial charge < -0.3 is 0 Å². The summed E-state index contributed by atoms with van der Waals surface area (Å²) in [4.78, 5) is -0.339. The van der Waals surface area contributed by atoms with E-state index in [-0.39, 0.29) is 20.5 Å². The number of benzene rings is 2. The Balaban J connectivity index is 2.46. The molecule has 0 aliphatic heterocycles. The summed E-state index contributed by atoms with van der Waals surface area (Å²) in [6.45, 7) is 0. The largest absolute Gasteiger partial charge is 0.278 e. The van der Waals surface area contributed by atoms with Crippen LogP contribution in [0.5, 0.6) is 0 Å². The molecule has 0 aliphatic rings. The summed E-state index contributed by atoms with van der Waals surface area (Å²) in [6.07, 6.45) is 0. The number of nitrogens with zero attached hydrogens (tertiary/aromatic N) is 1. The van der Waals surface area contributed by atoms with Crippen LogP contribution in [0.2, 0.25) is 10.0 Å². The number of hydrogen-bond acceptors (Lipinski definition) is 4. The van der Waals surface area contributed by atoms with E-state index in [1.807, 2.05) is 0 Å². The third-order valence-corrected chi connectivity index (χ3v) is 6.81. The van der Waals surface area contributed by atoms with E-state index >= 15 is 0 Å². The van der Waals surface area contributed by atoms with Crippen molar-refractivity contribution in [3.8, 4) is 0 Å². The summed E-state index contributed by atoms with van der Waals surface area (Å²) in [5, 5.41) is 0.473. The number of anilines is 1. The van der Waals surface area contributed by atoms with Crippen LogP contribution in [0.25, 0.3) is 0 Å². The first-order valence-electron chi connectivity index (χ1n) is 6.54. The van der Waals surface area contributed by atoms with Crippen molar-refractivity contribution in [1.82, 2.24) is 4.31 Å². The molecule has 2 aromatic carbocycles. The Labute approximate surface area is 151 Å². The second-order valence-electron chi connectivity index (χ2n) is 4.99. The highest BCUT2D eigenvalue weighted by Gasteiger charge is 2.22. The van der Waals surface area contributed by atoms with Crippen LogP contribution in [-0.2, 0) is 20.0 Å². The lowest BCUT2D eigenvalue weighted by molar-refractivity contribution is 0.520. The van der Waals surface area contributed by atoms with E-state index in [0.717, 1.165) is 10.4 Å². The van der Waals surface area contributed by atoms with Crippen LogP contribution in [-0.4, -0.2) is 35.2 Å². The van der Waals surface area contributed by atoms with E-state index < -0.39 is 20.0 Å². The van der Waals surface area contributed by atoms with E-state index in [2.05, 4.69) is 4.72 Å². The highest BCUT2D eigenvalue weighted by atomic mass is 35.5. The fourth-order valence-electron chi connectivity index (χ4n) is 1.79. The minimum absolute atomic E-state index is 0.102. The Morgan fingerprint density at radius 1 is 0.917 bits per heavy atom. The Bertz CT molecular complexity index is 974. The van der Waals surface area contributed by atoms with Crippen molar-refractivity contribution in [3.63, 3.8) is 0 Å². The first kappa shape index (κ1) is 19.0. The molecule has 0 radical (unpaired) electrons. The van der Waals surface area contributed by atoms with Gasteiger partial charge in [-0.3, -0.25) is 4.72 Å². The molecule has 0 saturated heterocycles. The van der Waals surface area contributed by atoms with Gasteiger partial charge in [-0.2, -0.15) is 0 Å². The highest BCUT2D eigenvalue weighted by Crippen LogP contribution is 2.28. The molecule has 0 fully saturated rings. The molecule has 130 valence electrons. The molecule has 1 N–H and O–H groups in total. The van der Waals surface area contributed by atoms with Crippen molar-refractivity contribution in [2.45, 2.75) is 9.79 Å². The third-order valence-electron chi connectivity index (χ3n) is 3.07. The summed E-state index contributed by atoms with van der Waals surface area (Å²) in [6, 6.07) is 9.37. The van der Waals surface area contributed by atoms with Crippen molar-refractivity contribution in [2.75, 3.05) is 18.8 Å². The lowest BCUT2D eigenvalue weighted by Crippen LogP contribution is -2.22. The van der Waals surface area contributed by atoms with Crippen molar-refractivity contribution in [1.29, 1.82) is 0 Å². The van der Waals surface area contributed by atoms with Crippen LogP contribution in [0.4, 0.5) is 5.69 Å². The standard InChI is InChI=1S/C14H14Cl2N2O4S2/c1-18(2)24(21,22)12-5-3-4-11(9-12)23(19,20)17-14-8-10(15)6-7-13(14)16/h3-9,17H,1-2H3. The molecular weight excluding hydrogens is 395 g/mol. The second kappa shape index (κ2) is 6.89. The fraction of sp³-hybridized carbons (Fsp3) is 0.143. The molecule has 0 heterocycles. The Morgan fingerprint density at radius 2 is 1.54 bits per heavy atom. The quantitative estimate of drug-likeness (QED) is 0.823. The summed E-state index contributed by atoms with van der Waals surface area (Å²) in [7, 11) is -5.07. The monoisotopic (exact) mass is 408 g/mol. The minimum Gasteiger partial charge on any atom is -0.278 e. The van der Waals surface area contributed by atoms with Crippen molar-refractivity contribution >= 4 is 48.9 Å². The van der Waals surface area contributed by atoms with Gasteiger partial charge in [0.05, 0.1) is 20.5 Å². The van der Waals surface area contributed by atoms with Gasteiger partial charge in [-0.1, -0.05) is 29.3 Å². The zero-order valence-corrected chi connectivity index (χ0v) is 15.8. The number of halogens is 2. The molecule has 6 nitrogen and oxygen atoms in total. The molecule has 0 spiro atoms. The smallest absolute Gasteiger partial charge is 0.261 e. The van der Waals surface area contributed by atoms with Crippen LogP contribution in [0, 0.1) is 0 Å². The Morgan fingerprint density at radius 3 is 2.17 bits per heavy atom. The van der Waals surface area contributed by atoms with Crippen LogP contribution in [0.1, 0.15) is 0 Å².